The fraction of sp³-hybridized carbons (Fsp3) is 0.353. The predicted octanol–water partition coefficient (Wildman–Crippen LogP) is 0.803. The molecular weight excluding hydrogens is 324 g/mol. The molecule has 1 aromatic heterocycles. The maximum Gasteiger partial charge on any atom is 0.314 e. The number of rotatable bonds is 5. The molecule has 1 unspecified atom stereocenters. The molecule has 1 aromatic carbocycles. The molecule has 2 aromatic rings. The fourth-order valence-electron chi connectivity index (χ4n) is 2.63. The molecule has 1 fully saturated rings. The first kappa shape index (κ1) is 17.1. The molecule has 1 aliphatic heterocycles. The van der Waals surface area contributed by atoms with Crippen LogP contribution in [0, 0.1) is 0 Å². The molecule has 132 valence electrons. The molecule has 1 aliphatic rings. The molecule has 0 bridgehead atoms. The largest absolute Gasteiger partial charge is 0.371 e. The Morgan fingerprint density at radius 2 is 2.04 bits per heavy atom. The van der Waals surface area contributed by atoms with Gasteiger partial charge in [0.25, 0.3) is 0 Å². The number of morpholine rings is 1. The van der Waals surface area contributed by atoms with Crippen LogP contribution in [0.25, 0.3) is 0 Å². The van der Waals surface area contributed by atoms with Crippen LogP contribution < -0.4 is 10.6 Å². The molecule has 1 saturated heterocycles. The first-order valence-corrected chi connectivity index (χ1v) is 8.11. The highest BCUT2D eigenvalue weighted by Gasteiger charge is 2.22. The number of aromatic nitrogens is 1. The van der Waals surface area contributed by atoms with Crippen LogP contribution in [0.15, 0.2) is 47.2 Å². The molecule has 0 radical (unpaired) electrons. The number of ether oxygens (including phenoxy) is 1. The summed E-state index contributed by atoms with van der Waals surface area (Å²) in [4.78, 5) is 25.7. The van der Waals surface area contributed by atoms with Crippen LogP contribution in [0.3, 0.4) is 0 Å². The monoisotopic (exact) mass is 344 g/mol. The highest BCUT2D eigenvalue weighted by atomic mass is 16.5. The van der Waals surface area contributed by atoms with Crippen LogP contribution in [-0.2, 0) is 14.3 Å². The average Bonchev–Trinajstić information content (AvgIpc) is 3.15. The highest BCUT2D eigenvalue weighted by molar-refractivity contribution is 6.39. The topological polar surface area (TPSA) is 96.7 Å². The Hall–Kier alpha value is -2.71. The van der Waals surface area contributed by atoms with Gasteiger partial charge in [0.1, 0.15) is 6.26 Å². The van der Waals surface area contributed by atoms with Crippen molar-refractivity contribution in [3.63, 3.8) is 0 Å². The van der Waals surface area contributed by atoms with Gasteiger partial charge in [-0.25, -0.2) is 0 Å². The van der Waals surface area contributed by atoms with E-state index in [2.05, 4.69) is 25.2 Å². The molecule has 0 aliphatic carbocycles. The van der Waals surface area contributed by atoms with E-state index in [1.165, 1.54) is 12.3 Å². The smallest absolute Gasteiger partial charge is 0.314 e. The third kappa shape index (κ3) is 4.88. The van der Waals surface area contributed by atoms with E-state index in [1.807, 2.05) is 30.3 Å². The summed E-state index contributed by atoms with van der Waals surface area (Å²) < 4.78 is 10.4. The molecule has 3 rings (SSSR count). The van der Waals surface area contributed by atoms with Crippen LogP contribution in [0.1, 0.15) is 11.7 Å². The van der Waals surface area contributed by atoms with Gasteiger partial charge in [-0.2, -0.15) is 0 Å². The van der Waals surface area contributed by atoms with Crippen molar-refractivity contribution in [1.82, 2.24) is 15.4 Å². The minimum atomic E-state index is -0.766. The van der Waals surface area contributed by atoms with Gasteiger partial charge in [-0.05, 0) is 5.56 Å². The van der Waals surface area contributed by atoms with Gasteiger partial charge >= 0.3 is 11.8 Å². The van der Waals surface area contributed by atoms with Crippen molar-refractivity contribution in [3.8, 4) is 0 Å². The summed E-state index contributed by atoms with van der Waals surface area (Å²) in [6.07, 6.45) is 1.34. The number of carbonyl (C=O) groups excluding carboxylic acids is 2. The number of benzene rings is 1. The third-order valence-electron chi connectivity index (χ3n) is 3.92. The number of carbonyl (C=O) groups is 2. The lowest BCUT2D eigenvalue weighted by molar-refractivity contribution is -0.136. The van der Waals surface area contributed by atoms with E-state index in [0.717, 1.165) is 18.7 Å². The molecule has 2 amide bonds. The number of nitrogens with one attached hydrogen (secondary N) is 2. The summed E-state index contributed by atoms with van der Waals surface area (Å²) in [7, 11) is 0. The summed E-state index contributed by atoms with van der Waals surface area (Å²) in [5.74, 6) is -1.26. The van der Waals surface area contributed by atoms with Crippen LogP contribution in [0.5, 0.6) is 0 Å². The lowest BCUT2D eigenvalue weighted by atomic mass is 10.1. The van der Waals surface area contributed by atoms with E-state index in [0.29, 0.717) is 19.7 Å². The van der Waals surface area contributed by atoms with E-state index >= 15 is 0 Å². The predicted molar refractivity (Wildman–Crippen MR) is 89.7 cm³/mol. The second kappa shape index (κ2) is 8.41. The van der Waals surface area contributed by atoms with Crippen molar-refractivity contribution in [1.29, 1.82) is 0 Å². The molecule has 1 atom stereocenters. The number of hydrogen-bond donors (Lipinski definition) is 2. The van der Waals surface area contributed by atoms with Crippen LogP contribution in [0.2, 0.25) is 0 Å². The number of hydrogen-bond acceptors (Lipinski definition) is 6. The fourth-order valence-corrected chi connectivity index (χ4v) is 2.63. The second-order valence-electron chi connectivity index (χ2n) is 5.67. The Balaban J connectivity index is 1.41. The summed E-state index contributed by atoms with van der Waals surface area (Å²) in [6, 6.07) is 11.5. The number of amides is 2. The van der Waals surface area contributed by atoms with Gasteiger partial charge in [-0.15, -0.1) is 0 Å². The molecular formula is C17H20N4O4. The van der Waals surface area contributed by atoms with Gasteiger partial charge in [0.05, 0.1) is 12.7 Å². The molecule has 8 heteroatoms. The van der Waals surface area contributed by atoms with Crippen LogP contribution in [-0.4, -0.2) is 54.7 Å². The minimum Gasteiger partial charge on any atom is -0.371 e. The van der Waals surface area contributed by atoms with E-state index in [1.54, 1.807) is 0 Å². The summed E-state index contributed by atoms with van der Waals surface area (Å²) >= 11 is 0. The Morgan fingerprint density at radius 1 is 1.20 bits per heavy atom. The Morgan fingerprint density at radius 3 is 2.80 bits per heavy atom. The highest BCUT2D eigenvalue weighted by Crippen LogP contribution is 2.21. The third-order valence-corrected chi connectivity index (χ3v) is 3.92. The maximum absolute atomic E-state index is 11.8. The Labute approximate surface area is 145 Å². The van der Waals surface area contributed by atoms with Gasteiger partial charge < -0.3 is 14.6 Å². The van der Waals surface area contributed by atoms with E-state index in [-0.39, 0.29) is 11.9 Å². The maximum atomic E-state index is 11.8. The van der Waals surface area contributed by atoms with Gasteiger partial charge in [-0.3, -0.25) is 19.8 Å². The quantitative estimate of drug-likeness (QED) is 0.779. The van der Waals surface area contributed by atoms with Gasteiger partial charge in [0.2, 0.25) is 0 Å². The zero-order valence-electron chi connectivity index (χ0n) is 13.7. The van der Waals surface area contributed by atoms with Crippen molar-refractivity contribution in [2.45, 2.75) is 6.10 Å². The molecule has 25 heavy (non-hydrogen) atoms. The normalized spacial score (nSPS) is 17.8. The lowest BCUT2D eigenvalue weighted by Crippen LogP contribution is -2.44. The van der Waals surface area contributed by atoms with Crippen molar-refractivity contribution in [2.24, 2.45) is 0 Å². The van der Waals surface area contributed by atoms with Gasteiger partial charge in [-0.1, -0.05) is 35.5 Å². The van der Waals surface area contributed by atoms with E-state index in [9.17, 15) is 9.59 Å². The SMILES string of the molecule is O=C(NCCN1CCOC(c2ccccc2)C1)C(=O)Nc1ccon1. The summed E-state index contributed by atoms with van der Waals surface area (Å²) in [5.41, 5.74) is 1.14. The number of nitrogens with zero attached hydrogens (tertiary/aromatic N) is 2. The molecule has 0 saturated carbocycles. The molecule has 2 heterocycles. The average molecular weight is 344 g/mol. The van der Waals surface area contributed by atoms with Crippen molar-refractivity contribution in [2.75, 3.05) is 38.1 Å². The first-order chi connectivity index (χ1) is 12.2. The van der Waals surface area contributed by atoms with Gasteiger partial charge in [0, 0.05) is 32.2 Å². The van der Waals surface area contributed by atoms with Crippen molar-refractivity contribution >= 4 is 17.6 Å². The van der Waals surface area contributed by atoms with E-state index < -0.39 is 11.8 Å². The summed E-state index contributed by atoms with van der Waals surface area (Å²) in [5, 5.41) is 8.47. The minimum absolute atomic E-state index is 0.0288. The van der Waals surface area contributed by atoms with Crippen molar-refractivity contribution in [3.05, 3.63) is 48.2 Å². The van der Waals surface area contributed by atoms with Crippen LogP contribution >= 0.6 is 0 Å². The molecule has 2 N–H and O–H groups in total. The second-order valence-corrected chi connectivity index (χ2v) is 5.67. The van der Waals surface area contributed by atoms with Crippen molar-refractivity contribution < 1.29 is 18.8 Å². The van der Waals surface area contributed by atoms with Gasteiger partial charge in [0.15, 0.2) is 5.82 Å². The molecule has 0 spiro atoms. The number of anilines is 1. The van der Waals surface area contributed by atoms with Crippen LogP contribution in [0.4, 0.5) is 5.82 Å². The Bertz CT molecular complexity index is 690. The summed E-state index contributed by atoms with van der Waals surface area (Å²) in [6.45, 7) is 3.22. The zero-order chi connectivity index (χ0) is 17.5. The zero-order valence-corrected chi connectivity index (χ0v) is 13.7. The first-order valence-electron chi connectivity index (χ1n) is 8.11. The lowest BCUT2D eigenvalue weighted by Gasteiger charge is -2.33. The molecule has 8 nitrogen and oxygen atoms in total. The Kier molecular flexibility index (Phi) is 5.76. The standard InChI is InChI=1S/C17H20N4O4/c22-16(17(23)19-15-6-10-25-20-15)18-7-8-21-9-11-24-14(12-21)13-4-2-1-3-5-13/h1-6,10,14H,7-9,11-12H2,(H,18,22)(H,19,20,23). The van der Waals surface area contributed by atoms with E-state index in [4.69, 9.17) is 4.74 Å².